The van der Waals surface area contributed by atoms with Crippen LogP contribution in [0.4, 0.5) is 4.79 Å². The maximum absolute atomic E-state index is 11.8. The highest BCUT2D eigenvalue weighted by atomic mass is 16.4. The van der Waals surface area contributed by atoms with E-state index in [0.717, 1.165) is 25.7 Å². The predicted molar refractivity (Wildman–Crippen MR) is 69.5 cm³/mol. The molecule has 0 bridgehead atoms. The van der Waals surface area contributed by atoms with Gasteiger partial charge in [-0.2, -0.15) is 0 Å². The summed E-state index contributed by atoms with van der Waals surface area (Å²) in [5.74, 6) is -0.210. The quantitative estimate of drug-likeness (QED) is 0.715. The zero-order chi connectivity index (χ0) is 13.5. The zero-order valence-electron chi connectivity index (χ0n) is 11.3. The molecular formula is C13H24N2O3. The van der Waals surface area contributed by atoms with E-state index in [-0.39, 0.29) is 6.03 Å². The maximum Gasteiger partial charge on any atom is 0.326 e. The Morgan fingerprint density at radius 2 is 2.11 bits per heavy atom. The van der Waals surface area contributed by atoms with Crippen LogP contribution in [0.3, 0.4) is 0 Å². The minimum Gasteiger partial charge on any atom is -0.480 e. The molecule has 1 aliphatic heterocycles. The van der Waals surface area contributed by atoms with Gasteiger partial charge in [0.1, 0.15) is 6.04 Å². The Morgan fingerprint density at radius 1 is 1.39 bits per heavy atom. The van der Waals surface area contributed by atoms with Gasteiger partial charge in [-0.1, -0.05) is 26.7 Å². The largest absolute Gasteiger partial charge is 0.480 e. The first kappa shape index (κ1) is 14.8. The third-order valence-corrected chi connectivity index (χ3v) is 3.28. The zero-order valence-corrected chi connectivity index (χ0v) is 11.3. The number of hydrogen-bond donors (Lipinski definition) is 2. The van der Waals surface area contributed by atoms with Crippen molar-refractivity contribution in [3.63, 3.8) is 0 Å². The molecule has 2 N–H and O–H groups in total. The van der Waals surface area contributed by atoms with Crippen LogP contribution < -0.4 is 5.32 Å². The van der Waals surface area contributed by atoms with Gasteiger partial charge in [0.2, 0.25) is 0 Å². The van der Waals surface area contributed by atoms with Crippen molar-refractivity contribution >= 4 is 12.0 Å². The van der Waals surface area contributed by atoms with Crippen molar-refractivity contribution in [1.82, 2.24) is 10.2 Å². The molecule has 0 radical (unpaired) electrons. The lowest BCUT2D eigenvalue weighted by atomic mass is 10.1. The molecule has 1 rings (SSSR count). The first-order valence-corrected chi connectivity index (χ1v) is 6.79. The summed E-state index contributed by atoms with van der Waals surface area (Å²) in [6.45, 7) is 5.55. The van der Waals surface area contributed by atoms with Crippen LogP contribution in [0.1, 0.15) is 46.0 Å². The average Bonchev–Trinajstić information content (AvgIpc) is 2.76. The number of carboxylic acid groups (broad SMARTS) is 1. The predicted octanol–water partition coefficient (Wildman–Crippen LogP) is 2.07. The summed E-state index contributed by atoms with van der Waals surface area (Å²) in [5.41, 5.74) is 0. The molecule has 1 heterocycles. The molecule has 1 aliphatic rings. The number of amides is 2. The minimum absolute atomic E-state index is 0.232. The smallest absolute Gasteiger partial charge is 0.326 e. The standard InChI is InChI=1S/C13H24N2O3/c1-10(2)6-3-4-8-14-13(18)15-9-5-7-11(15)12(16)17/h10-11H,3-9H2,1-2H3,(H,14,18)(H,16,17). The molecule has 18 heavy (non-hydrogen) atoms. The lowest BCUT2D eigenvalue weighted by Gasteiger charge is -2.21. The van der Waals surface area contributed by atoms with Crippen LogP contribution in [-0.4, -0.2) is 41.1 Å². The van der Waals surface area contributed by atoms with Crippen molar-refractivity contribution in [3.8, 4) is 0 Å². The van der Waals surface area contributed by atoms with E-state index in [0.29, 0.717) is 25.4 Å². The van der Waals surface area contributed by atoms with Gasteiger partial charge in [0, 0.05) is 13.1 Å². The van der Waals surface area contributed by atoms with Gasteiger partial charge in [-0.05, 0) is 25.2 Å². The number of rotatable bonds is 6. The summed E-state index contributed by atoms with van der Waals surface area (Å²) in [4.78, 5) is 24.2. The summed E-state index contributed by atoms with van der Waals surface area (Å²) in [6, 6.07) is -0.870. The van der Waals surface area contributed by atoms with Gasteiger partial charge in [0.25, 0.3) is 0 Å². The summed E-state index contributed by atoms with van der Waals surface area (Å²) in [6.07, 6.45) is 4.56. The molecule has 1 fully saturated rings. The second kappa shape index (κ2) is 7.24. The molecule has 0 aliphatic carbocycles. The molecule has 0 aromatic heterocycles. The lowest BCUT2D eigenvalue weighted by Crippen LogP contribution is -2.46. The van der Waals surface area contributed by atoms with Crippen molar-refractivity contribution in [2.75, 3.05) is 13.1 Å². The Bertz CT molecular complexity index is 292. The van der Waals surface area contributed by atoms with Gasteiger partial charge >= 0.3 is 12.0 Å². The van der Waals surface area contributed by atoms with Gasteiger partial charge in [0.05, 0.1) is 0 Å². The van der Waals surface area contributed by atoms with E-state index in [1.54, 1.807) is 0 Å². The monoisotopic (exact) mass is 256 g/mol. The van der Waals surface area contributed by atoms with E-state index >= 15 is 0 Å². The normalized spacial score (nSPS) is 19.3. The second-order valence-corrected chi connectivity index (χ2v) is 5.31. The Balaban J connectivity index is 2.22. The SMILES string of the molecule is CC(C)CCCCNC(=O)N1CCCC1C(=O)O. The number of carbonyl (C=O) groups is 2. The molecule has 5 heteroatoms. The summed E-state index contributed by atoms with van der Waals surface area (Å²) < 4.78 is 0. The highest BCUT2D eigenvalue weighted by Gasteiger charge is 2.33. The van der Waals surface area contributed by atoms with Crippen molar-refractivity contribution in [1.29, 1.82) is 0 Å². The van der Waals surface area contributed by atoms with Crippen molar-refractivity contribution < 1.29 is 14.7 Å². The van der Waals surface area contributed by atoms with Crippen molar-refractivity contribution in [2.45, 2.75) is 52.0 Å². The highest BCUT2D eigenvalue weighted by Crippen LogP contribution is 2.17. The molecule has 2 amide bonds. The Labute approximate surface area is 109 Å². The Morgan fingerprint density at radius 3 is 2.72 bits per heavy atom. The summed E-state index contributed by atoms with van der Waals surface area (Å²) >= 11 is 0. The van der Waals surface area contributed by atoms with E-state index in [1.807, 2.05) is 0 Å². The van der Waals surface area contributed by atoms with Crippen LogP contribution in [0.5, 0.6) is 0 Å². The third-order valence-electron chi connectivity index (χ3n) is 3.28. The fraction of sp³-hybridized carbons (Fsp3) is 0.846. The number of likely N-dealkylation sites (tertiary alicyclic amines) is 1. The Hall–Kier alpha value is -1.26. The summed E-state index contributed by atoms with van der Waals surface area (Å²) in [5, 5.41) is 11.8. The molecule has 1 atom stereocenters. The van der Waals surface area contributed by atoms with Crippen LogP contribution in [0.2, 0.25) is 0 Å². The first-order valence-electron chi connectivity index (χ1n) is 6.79. The molecule has 0 aromatic carbocycles. The first-order chi connectivity index (χ1) is 8.52. The number of urea groups is 1. The van der Waals surface area contributed by atoms with Crippen LogP contribution in [0.15, 0.2) is 0 Å². The molecule has 5 nitrogen and oxygen atoms in total. The minimum atomic E-state index is -0.901. The van der Waals surface area contributed by atoms with Crippen LogP contribution in [0.25, 0.3) is 0 Å². The van der Waals surface area contributed by atoms with Crippen LogP contribution in [0, 0.1) is 5.92 Å². The maximum atomic E-state index is 11.8. The van der Waals surface area contributed by atoms with E-state index in [4.69, 9.17) is 5.11 Å². The number of carboxylic acids is 1. The van der Waals surface area contributed by atoms with Gasteiger partial charge in [-0.25, -0.2) is 9.59 Å². The van der Waals surface area contributed by atoms with E-state index in [1.165, 1.54) is 4.90 Å². The molecule has 1 unspecified atom stereocenters. The second-order valence-electron chi connectivity index (χ2n) is 5.31. The number of hydrogen-bond acceptors (Lipinski definition) is 2. The number of aliphatic carboxylic acids is 1. The highest BCUT2D eigenvalue weighted by molar-refractivity contribution is 5.83. The van der Waals surface area contributed by atoms with E-state index in [9.17, 15) is 9.59 Å². The molecule has 1 saturated heterocycles. The van der Waals surface area contributed by atoms with Gasteiger partial charge in [0.15, 0.2) is 0 Å². The molecule has 0 saturated carbocycles. The van der Waals surface area contributed by atoms with Crippen molar-refractivity contribution in [2.24, 2.45) is 5.92 Å². The van der Waals surface area contributed by atoms with Crippen LogP contribution in [-0.2, 0) is 4.79 Å². The Kier molecular flexibility index (Phi) is 5.95. The van der Waals surface area contributed by atoms with Gasteiger partial charge < -0.3 is 15.3 Å². The van der Waals surface area contributed by atoms with Crippen molar-refractivity contribution in [3.05, 3.63) is 0 Å². The van der Waals surface area contributed by atoms with E-state index in [2.05, 4.69) is 19.2 Å². The topological polar surface area (TPSA) is 69.6 Å². The van der Waals surface area contributed by atoms with Gasteiger partial charge in [-0.15, -0.1) is 0 Å². The fourth-order valence-corrected chi connectivity index (χ4v) is 2.24. The molecule has 0 aromatic rings. The molecule has 104 valence electrons. The van der Waals surface area contributed by atoms with E-state index < -0.39 is 12.0 Å². The third kappa shape index (κ3) is 4.55. The molecule has 0 spiro atoms. The summed E-state index contributed by atoms with van der Waals surface area (Å²) in [7, 11) is 0. The number of nitrogens with one attached hydrogen (secondary N) is 1. The average molecular weight is 256 g/mol. The lowest BCUT2D eigenvalue weighted by molar-refractivity contribution is -0.141. The molecular weight excluding hydrogens is 232 g/mol. The number of unbranched alkanes of at least 4 members (excludes halogenated alkanes) is 1. The fourth-order valence-electron chi connectivity index (χ4n) is 2.24. The number of carbonyl (C=O) groups excluding carboxylic acids is 1. The van der Waals surface area contributed by atoms with Crippen LogP contribution >= 0.6 is 0 Å². The van der Waals surface area contributed by atoms with Gasteiger partial charge in [-0.3, -0.25) is 0 Å². The number of nitrogens with zero attached hydrogens (tertiary/aromatic N) is 1.